The third kappa shape index (κ3) is 1.63. The SMILES string of the molecule is c1ccc2c(c1)oc1cc3ccc4cc5oc6ccccc6c5c5ccc(c12)c3c45. The molecule has 0 aliphatic heterocycles. The van der Waals surface area contributed by atoms with Crippen molar-refractivity contribution in [3.63, 3.8) is 0 Å². The normalized spacial score (nSPS) is 12.7. The number of rotatable bonds is 0. The maximum atomic E-state index is 6.20. The minimum absolute atomic E-state index is 0.936. The molecule has 0 radical (unpaired) electrons. The van der Waals surface area contributed by atoms with Crippen LogP contribution in [0.15, 0.2) is 93.8 Å². The van der Waals surface area contributed by atoms with E-state index in [1.807, 2.05) is 24.3 Å². The molecule has 0 unspecified atom stereocenters. The van der Waals surface area contributed by atoms with Gasteiger partial charge < -0.3 is 8.83 Å². The molecule has 30 heavy (non-hydrogen) atoms. The summed E-state index contributed by atoms with van der Waals surface area (Å²) in [5.74, 6) is 0. The Kier molecular flexibility index (Phi) is 2.44. The van der Waals surface area contributed by atoms with E-state index < -0.39 is 0 Å². The lowest BCUT2D eigenvalue weighted by molar-refractivity contribution is 0.669. The highest BCUT2D eigenvalue weighted by Crippen LogP contribution is 2.45. The third-order valence-electron chi connectivity index (χ3n) is 6.58. The highest BCUT2D eigenvalue weighted by Gasteiger charge is 2.19. The van der Waals surface area contributed by atoms with Crippen molar-refractivity contribution in [2.24, 2.45) is 0 Å². The van der Waals surface area contributed by atoms with Gasteiger partial charge in [0.25, 0.3) is 0 Å². The highest BCUT2D eigenvalue weighted by atomic mass is 16.3. The molecular formula is C28H14O2. The summed E-state index contributed by atoms with van der Waals surface area (Å²) in [5, 5.41) is 12.3. The second kappa shape index (κ2) is 4.92. The Morgan fingerprint density at radius 2 is 0.833 bits per heavy atom. The fourth-order valence-corrected chi connectivity index (χ4v) is 5.38. The van der Waals surface area contributed by atoms with E-state index in [4.69, 9.17) is 8.83 Å². The van der Waals surface area contributed by atoms with Crippen LogP contribution < -0.4 is 0 Å². The third-order valence-corrected chi connectivity index (χ3v) is 6.58. The highest BCUT2D eigenvalue weighted by molar-refractivity contribution is 6.36. The van der Waals surface area contributed by atoms with Gasteiger partial charge in [0.1, 0.15) is 22.3 Å². The van der Waals surface area contributed by atoms with Crippen molar-refractivity contribution in [1.29, 1.82) is 0 Å². The Labute approximate surface area is 170 Å². The Morgan fingerprint density at radius 1 is 0.367 bits per heavy atom. The van der Waals surface area contributed by atoms with Crippen molar-refractivity contribution in [3.05, 3.63) is 84.9 Å². The molecule has 0 amide bonds. The van der Waals surface area contributed by atoms with Crippen LogP contribution in [0.3, 0.4) is 0 Å². The average Bonchev–Trinajstić information content (AvgIpc) is 3.34. The summed E-state index contributed by atoms with van der Waals surface area (Å²) in [5.41, 5.74) is 3.76. The molecule has 6 aromatic carbocycles. The van der Waals surface area contributed by atoms with E-state index in [0.29, 0.717) is 0 Å². The van der Waals surface area contributed by atoms with Crippen LogP contribution in [-0.2, 0) is 0 Å². The molecule has 0 spiro atoms. The molecular weight excluding hydrogens is 368 g/mol. The first-order valence-electron chi connectivity index (χ1n) is 10.2. The zero-order chi connectivity index (χ0) is 19.4. The van der Waals surface area contributed by atoms with Crippen molar-refractivity contribution in [1.82, 2.24) is 0 Å². The predicted molar refractivity (Wildman–Crippen MR) is 125 cm³/mol. The molecule has 0 saturated heterocycles. The lowest BCUT2D eigenvalue weighted by Crippen LogP contribution is -1.85. The molecule has 2 nitrogen and oxygen atoms in total. The van der Waals surface area contributed by atoms with Crippen molar-refractivity contribution in [3.8, 4) is 0 Å². The summed E-state index contributed by atoms with van der Waals surface area (Å²) < 4.78 is 12.4. The first-order chi connectivity index (χ1) is 14.9. The van der Waals surface area contributed by atoms with Gasteiger partial charge in [-0.15, -0.1) is 0 Å². The summed E-state index contributed by atoms with van der Waals surface area (Å²) in [4.78, 5) is 0. The van der Waals surface area contributed by atoms with Gasteiger partial charge in [-0.05, 0) is 56.6 Å². The molecule has 2 heteroatoms. The summed E-state index contributed by atoms with van der Waals surface area (Å²) >= 11 is 0. The topological polar surface area (TPSA) is 26.3 Å². The Morgan fingerprint density at radius 3 is 1.33 bits per heavy atom. The van der Waals surface area contributed by atoms with Gasteiger partial charge in [-0.25, -0.2) is 0 Å². The van der Waals surface area contributed by atoms with E-state index in [1.54, 1.807) is 0 Å². The van der Waals surface area contributed by atoms with Gasteiger partial charge in [0.15, 0.2) is 0 Å². The number of hydrogen-bond donors (Lipinski definition) is 0. The molecule has 0 aliphatic carbocycles. The zero-order valence-corrected chi connectivity index (χ0v) is 15.9. The minimum atomic E-state index is 0.936. The van der Waals surface area contributed by atoms with Crippen LogP contribution in [0.2, 0.25) is 0 Å². The van der Waals surface area contributed by atoms with Crippen LogP contribution in [-0.4, -0.2) is 0 Å². The number of para-hydroxylation sites is 2. The fourth-order valence-electron chi connectivity index (χ4n) is 5.38. The van der Waals surface area contributed by atoms with E-state index in [1.165, 1.54) is 53.9 Å². The Balaban J connectivity index is 1.71. The first kappa shape index (κ1) is 14.9. The summed E-state index contributed by atoms with van der Waals surface area (Å²) in [6, 6.07) is 29.9. The number of fused-ring (bicyclic) bond motifs is 8. The lowest BCUT2D eigenvalue weighted by Gasteiger charge is -2.12. The van der Waals surface area contributed by atoms with Crippen molar-refractivity contribution in [2.75, 3.05) is 0 Å². The van der Waals surface area contributed by atoms with Crippen LogP contribution >= 0.6 is 0 Å². The zero-order valence-electron chi connectivity index (χ0n) is 15.9. The molecule has 138 valence electrons. The second-order valence-corrected chi connectivity index (χ2v) is 8.12. The number of furan rings is 2. The van der Waals surface area contributed by atoms with E-state index >= 15 is 0 Å². The molecule has 2 aromatic heterocycles. The second-order valence-electron chi connectivity index (χ2n) is 8.12. The Bertz CT molecular complexity index is 1810. The molecule has 0 bridgehead atoms. The molecule has 0 atom stereocenters. The first-order valence-corrected chi connectivity index (χ1v) is 10.2. The summed E-state index contributed by atoms with van der Waals surface area (Å²) in [7, 11) is 0. The lowest BCUT2D eigenvalue weighted by atomic mass is 9.90. The number of benzene rings is 6. The standard InChI is InChI=1S/C28H14O2/c1-3-7-21-17(5-1)27-19-11-12-20-26-16(10-9-15(25(19)26)13-23(27)29-21)14-24-28(20)18-6-2-4-8-22(18)30-24/h1-14H. The average molecular weight is 382 g/mol. The smallest absolute Gasteiger partial charge is 0.136 e. The maximum absolute atomic E-state index is 6.20. The summed E-state index contributed by atoms with van der Waals surface area (Å²) in [6.07, 6.45) is 0. The maximum Gasteiger partial charge on any atom is 0.136 e. The molecule has 0 N–H and O–H groups in total. The van der Waals surface area contributed by atoms with Gasteiger partial charge in [0, 0.05) is 21.5 Å². The van der Waals surface area contributed by atoms with Crippen molar-refractivity contribution < 1.29 is 8.83 Å². The largest absolute Gasteiger partial charge is 0.456 e. The van der Waals surface area contributed by atoms with Crippen molar-refractivity contribution in [2.45, 2.75) is 0 Å². The van der Waals surface area contributed by atoms with Gasteiger partial charge in [-0.3, -0.25) is 0 Å². The van der Waals surface area contributed by atoms with Crippen LogP contribution in [0.4, 0.5) is 0 Å². The molecule has 2 heterocycles. The van der Waals surface area contributed by atoms with E-state index in [2.05, 4.69) is 60.7 Å². The van der Waals surface area contributed by atoms with Gasteiger partial charge >= 0.3 is 0 Å². The molecule has 8 rings (SSSR count). The minimum Gasteiger partial charge on any atom is -0.456 e. The molecule has 8 aromatic rings. The van der Waals surface area contributed by atoms with Crippen molar-refractivity contribution >= 4 is 76.2 Å². The van der Waals surface area contributed by atoms with Gasteiger partial charge in [-0.1, -0.05) is 60.7 Å². The van der Waals surface area contributed by atoms with Crippen LogP contribution in [0, 0.1) is 0 Å². The predicted octanol–water partition coefficient (Wildman–Crippen LogP) is 8.38. The van der Waals surface area contributed by atoms with Crippen LogP contribution in [0.1, 0.15) is 0 Å². The van der Waals surface area contributed by atoms with E-state index in [0.717, 1.165) is 22.3 Å². The Hall–Kier alpha value is -4.04. The van der Waals surface area contributed by atoms with Gasteiger partial charge in [-0.2, -0.15) is 0 Å². The van der Waals surface area contributed by atoms with Crippen LogP contribution in [0.25, 0.3) is 76.2 Å². The van der Waals surface area contributed by atoms with Gasteiger partial charge in [0.05, 0.1) is 0 Å². The van der Waals surface area contributed by atoms with E-state index in [9.17, 15) is 0 Å². The molecule has 0 aliphatic rings. The van der Waals surface area contributed by atoms with Gasteiger partial charge in [0.2, 0.25) is 0 Å². The fraction of sp³-hybridized carbons (Fsp3) is 0. The molecule has 0 saturated carbocycles. The monoisotopic (exact) mass is 382 g/mol. The van der Waals surface area contributed by atoms with Crippen LogP contribution in [0.5, 0.6) is 0 Å². The quantitative estimate of drug-likeness (QED) is 0.246. The van der Waals surface area contributed by atoms with E-state index in [-0.39, 0.29) is 0 Å². The number of hydrogen-bond acceptors (Lipinski definition) is 2. The molecule has 0 fully saturated rings. The summed E-state index contributed by atoms with van der Waals surface area (Å²) in [6.45, 7) is 0.